The zero-order valence-electron chi connectivity index (χ0n) is 16.6. The second-order valence-electron chi connectivity index (χ2n) is 6.80. The van der Waals surface area contributed by atoms with Gasteiger partial charge in [-0.2, -0.15) is 0 Å². The van der Waals surface area contributed by atoms with Gasteiger partial charge in [-0.25, -0.2) is 0 Å². The number of ether oxygens (including phenoxy) is 1. The number of halogens is 1. The number of aryl methyl sites for hydroxylation is 1. The van der Waals surface area contributed by atoms with Gasteiger partial charge in [-0.05, 0) is 36.6 Å². The number of Topliss-reactive ketones (excluding diaryl/α,β-unsaturated/α-hetero) is 1. The molecule has 154 valence electrons. The molecule has 0 spiro atoms. The van der Waals surface area contributed by atoms with Gasteiger partial charge in [0.2, 0.25) is 0 Å². The first-order chi connectivity index (χ1) is 14.0. The largest absolute Gasteiger partial charge is 0.456 e. The van der Waals surface area contributed by atoms with Crippen molar-refractivity contribution in [3.05, 3.63) is 64.7 Å². The first kappa shape index (κ1) is 22.6. The SMILES string of the molecule is CCCCCc1ccc(C(=O)CCC(=O)OCC(=O)Nc2cccc(Cl)c2)cc1. The number of carbonyl (C=O) groups is 3. The highest BCUT2D eigenvalue weighted by molar-refractivity contribution is 6.30. The summed E-state index contributed by atoms with van der Waals surface area (Å²) in [6.07, 6.45) is 4.49. The minimum atomic E-state index is -0.587. The highest BCUT2D eigenvalue weighted by Crippen LogP contribution is 2.15. The summed E-state index contributed by atoms with van der Waals surface area (Å²) in [6, 6.07) is 14.2. The molecule has 5 nitrogen and oxygen atoms in total. The number of unbranched alkanes of at least 4 members (excludes halogenated alkanes) is 2. The van der Waals surface area contributed by atoms with Gasteiger partial charge in [-0.1, -0.05) is 61.7 Å². The number of ketones is 1. The maximum atomic E-state index is 12.2. The number of amides is 1. The number of benzene rings is 2. The van der Waals surface area contributed by atoms with Crippen LogP contribution in [0.3, 0.4) is 0 Å². The molecule has 0 aliphatic rings. The fraction of sp³-hybridized carbons (Fsp3) is 0.348. The van der Waals surface area contributed by atoms with Crippen LogP contribution in [0, 0.1) is 0 Å². The first-order valence-corrected chi connectivity index (χ1v) is 10.2. The topological polar surface area (TPSA) is 72.5 Å². The predicted molar refractivity (Wildman–Crippen MR) is 114 cm³/mol. The molecule has 6 heteroatoms. The van der Waals surface area contributed by atoms with Crippen LogP contribution in [0.4, 0.5) is 5.69 Å². The average Bonchev–Trinajstić information content (AvgIpc) is 2.71. The summed E-state index contributed by atoms with van der Waals surface area (Å²) in [4.78, 5) is 35.9. The zero-order chi connectivity index (χ0) is 21.1. The van der Waals surface area contributed by atoms with Gasteiger partial charge in [0.25, 0.3) is 5.91 Å². The van der Waals surface area contributed by atoms with Gasteiger partial charge in [-0.15, -0.1) is 0 Å². The van der Waals surface area contributed by atoms with Gasteiger partial charge in [-0.3, -0.25) is 14.4 Å². The quantitative estimate of drug-likeness (QED) is 0.310. The van der Waals surface area contributed by atoms with E-state index in [9.17, 15) is 14.4 Å². The van der Waals surface area contributed by atoms with E-state index in [1.807, 2.05) is 12.1 Å². The molecule has 0 heterocycles. The van der Waals surface area contributed by atoms with Crippen molar-refractivity contribution in [2.45, 2.75) is 45.4 Å². The van der Waals surface area contributed by atoms with Crippen LogP contribution in [-0.4, -0.2) is 24.3 Å². The molecule has 0 saturated heterocycles. The monoisotopic (exact) mass is 415 g/mol. The van der Waals surface area contributed by atoms with Crippen molar-refractivity contribution in [3.63, 3.8) is 0 Å². The Morgan fingerprint density at radius 2 is 1.76 bits per heavy atom. The van der Waals surface area contributed by atoms with Crippen LogP contribution in [0.15, 0.2) is 48.5 Å². The van der Waals surface area contributed by atoms with Crippen LogP contribution < -0.4 is 5.32 Å². The number of hydrogen-bond acceptors (Lipinski definition) is 4. The molecule has 0 radical (unpaired) electrons. The standard InChI is InChI=1S/C23H26ClNO4/c1-2-3-4-6-17-9-11-18(12-10-17)21(26)13-14-23(28)29-16-22(27)25-20-8-5-7-19(24)15-20/h5,7-12,15H,2-4,6,13-14,16H2,1H3,(H,25,27). The van der Waals surface area contributed by atoms with Gasteiger partial charge in [0.1, 0.15) is 0 Å². The Kier molecular flexibility index (Phi) is 9.38. The summed E-state index contributed by atoms with van der Waals surface area (Å²) in [7, 11) is 0. The molecule has 1 N–H and O–H groups in total. The number of anilines is 1. The van der Waals surface area contributed by atoms with Crippen LogP contribution in [0.2, 0.25) is 5.02 Å². The molecule has 0 bridgehead atoms. The molecule has 0 fully saturated rings. The lowest BCUT2D eigenvalue weighted by atomic mass is 10.0. The van der Waals surface area contributed by atoms with Crippen LogP contribution in [0.1, 0.15) is 54.9 Å². The van der Waals surface area contributed by atoms with E-state index >= 15 is 0 Å². The third-order valence-electron chi connectivity index (χ3n) is 4.37. The molecule has 0 atom stereocenters. The number of hydrogen-bond donors (Lipinski definition) is 1. The molecule has 2 aromatic carbocycles. The second-order valence-corrected chi connectivity index (χ2v) is 7.23. The fourth-order valence-corrected chi connectivity index (χ4v) is 2.97. The first-order valence-electron chi connectivity index (χ1n) is 9.81. The Labute approximate surface area is 176 Å². The van der Waals surface area contributed by atoms with Crippen LogP contribution in [0.5, 0.6) is 0 Å². The molecule has 0 aliphatic heterocycles. The van der Waals surface area contributed by atoms with Crippen molar-refractivity contribution in [1.82, 2.24) is 0 Å². The normalized spacial score (nSPS) is 10.4. The van der Waals surface area contributed by atoms with Crippen molar-refractivity contribution in [2.24, 2.45) is 0 Å². The summed E-state index contributed by atoms with van der Waals surface area (Å²) >= 11 is 5.85. The van der Waals surface area contributed by atoms with Gasteiger partial charge in [0.15, 0.2) is 12.4 Å². The predicted octanol–water partition coefficient (Wildman–Crippen LogP) is 5.22. The molecule has 0 saturated carbocycles. The van der Waals surface area contributed by atoms with Gasteiger partial charge < -0.3 is 10.1 Å². The minimum Gasteiger partial charge on any atom is -0.456 e. The zero-order valence-corrected chi connectivity index (χ0v) is 17.3. The fourth-order valence-electron chi connectivity index (χ4n) is 2.78. The van der Waals surface area contributed by atoms with E-state index in [1.165, 1.54) is 18.4 Å². The Morgan fingerprint density at radius 3 is 2.45 bits per heavy atom. The number of nitrogens with one attached hydrogen (secondary N) is 1. The van der Waals surface area contributed by atoms with E-state index in [-0.39, 0.29) is 18.6 Å². The maximum Gasteiger partial charge on any atom is 0.306 e. The highest BCUT2D eigenvalue weighted by Gasteiger charge is 2.12. The summed E-state index contributed by atoms with van der Waals surface area (Å²) in [6.45, 7) is 1.75. The highest BCUT2D eigenvalue weighted by atomic mass is 35.5. The molecule has 2 aromatic rings. The van der Waals surface area contributed by atoms with Crippen LogP contribution in [-0.2, 0) is 20.7 Å². The Balaban J connectivity index is 1.70. The molecular weight excluding hydrogens is 390 g/mol. The van der Waals surface area contributed by atoms with Crippen LogP contribution >= 0.6 is 11.6 Å². The second kappa shape index (κ2) is 12.0. The summed E-state index contributed by atoms with van der Waals surface area (Å²) in [5.74, 6) is -1.17. The Hall–Kier alpha value is -2.66. The van der Waals surface area contributed by atoms with Crippen molar-refractivity contribution in [2.75, 3.05) is 11.9 Å². The molecule has 29 heavy (non-hydrogen) atoms. The number of rotatable bonds is 11. The smallest absolute Gasteiger partial charge is 0.306 e. The molecule has 2 rings (SSSR count). The lowest BCUT2D eigenvalue weighted by Crippen LogP contribution is -2.21. The average molecular weight is 416 g/mol. The Morgan fingerprint density at radius 1 is 1.00 bits per heavy atom. The summed E-state index contributed by atoms with van der Waals surface area (Å²) < 4.78 is 4.93. The number of carbonyl (C=O) groups excluding carboxylic acids is 3. The number of esters is 1. The van der Waals surface area contributed by atoms with Crippen molar-refractivity contribution in [3.8, 4) is 0 Å². The maximum absolute atomic E-state index is 12.2. The molecule has 0 aromatic heterocycles. The van der Waals surface area contributed by atoms with E-state index in [1.54, 1.807) is 36.4 Å². The summed E-state index contributed by atoms with van der Waals surface area (Å²) in [5, 5.41) is 3.08. The van der Waals surface area contributed by atoms with Gasteiger partial charge >= 0.3 is 5.97 Å². The lowest BCUT2D eigenvalue weighted by molar-refractivity contribution is -0.147. The molecule has 0 aliphatic carbocycles. The molecule has 0 unspecified atom stereocenters. The third-order valence-corrected chi connectivity index (χ3v) is 4.61. The van der Waals surface area contributed by atoms with E-state index in [0.717, 1.165) is 12.8 Å². The van der Waals surface area contributed by atoms with Crippen LogP contribution in [0.25, 0.3) is 0 Å². The van der Waals surface area contributed by atoms with Gasteiger partial charge in [0, 0.05) is 22.7 Å². The van der Waals surface area contributed by atoms with Gasteiger partial charge in [0.05, 0.1) is 6.42 Å². The van der Waals surface area contributed by atoms with E-state index < -0.39 is 18.5 Å². The van der Waals surface area contributed by atoms with Crippen molar-refractivity contribution >= 4 is 34.9 Å². The Bertz CT molecular complexity index is 833. The lowest BCUT2D eigenvalue weighted by Gasteiger charge is -2.07. The summed E-state index contributed by atoms with van der Waals surface area (Å²) in [5.41, 5.74) is 2.31. The van der Waals surface area contributed by atoms with Crippen molar-refractivity contribution < 1.29 is 19.1 Å². The molecular formula is C23H26ClNO4. The van der Waals surface area contributed by atoms with E-state index in [4.69, 9.17) is 16.3 Å². The van der Waals surface area contributed by atoms with E-state index in [0.29, 0.717) is 16.3 Å². The van der Waals surface area contributed by atoms with E-state index in [2.05, 4.69) is 12.2 Å². The van der Waals surface area contributed by atoms with Crippen molar-refractivity contribution in [1.29, 1.82) is 0 Å². The third kappa shape index (κ3) is 8.48. The molecule has 1 amide bonds. The minimum absolute atomic E-state index is 0.0456.